The summed E-state index contributed by atoms with van der Waals surface area (Å²) in [4.78, 5) is 24.5. The fraction of sp³-hybridized carbons (Fsp3) is 0.500. The largest absolute Gasteiger partial charge is 0.494 e. The molecule has 1 fully saturated rings. The van der Waals surface area contributed by atoms with Gasteiger partial charge in [-0.1, -0.05) is 13.3 Å². The molecule has 22 heavy (non-hydrogen) atoms. The van der Waals surface area contributed by atoms with E-state index in [1.807, 2.05) is 12.1 Å². The number of carboxylic acid groups (broad SMARTS) is 1. The molecule has 1 unspecified atom stereocenters. The molecule has 1 aliphatic rings. The second kappa shape index (κ2) is 7.68. The summed E-state index contributed by atoms with van der Waals surface area (Å²) in [6.07, 6.45) is 2.60. The number of likely N-dealkylation sites (tertiary alicyclic amines) is 1. The van der Waals surface area contributed by atoms with Gasteiger partial charge >= 0.3 is 12.0 Å². The van der Waals surface area contributed by atoms with Crippen molar-refractivity contribution >= 4 is 17.7 Å². The number of ether oxygens (including phenoxy) is 1. The van der Waals surface area contributed by atoms with E-state index in [0.717, 1.165) is 18.6 Å². The highest BCUT2D eigenvalue weighted by Gasteiger charge is 2.30. The summed E-state index contributed by atoms with van der Waals surface area (Å²) in [5.74, 6) is -0.525. The van der Waals surface area contributed by atoms with Crippen LogP contribution in [0.1, 0.15) is 26.2 Å². The Bertz CT molecular complexity index is 515. The molecule has 1 aromatic carbocycles. The van der Waals surface area contributed by atoms with Crippen LogP contribution in [-0.2, 0) is 4.79 Å². The second-order valence-corrected chi connectivity index (χ2v) is 5.43. The number of carbonyl (C=O) groups is 2. The molecule has 120 valence electrons. The molecule has 2 N–H and O–H groups in total. The first-order valence-corrected chi connectivity index (χ1v) is 7.61. The Kier molecular flexibility index (Phi) is 5.63. The van der Waals surface area contributed by atoms with Crippen LogP contribution in [0.25, 0.3) is 0 Å². The molecule has 0 aromatic heterocycles. The summed E-state index contributed by atoms with van der Waals surface area (Å²) in [5.41, 5.74) is 0.673. The minimum Gasteiger partial charge on any atom is -0.494 e. The van der Waals surface area contributed by atoms with E-state index in [1.54, 1.807) is 12.1 Å². The van der Waals surface area contributed by atoms with Crippen LogP contribution >= 0.6 is 0 Å². The van der Waals surface area contributed by atoms with Crippen molar-refractivity contribution in [1.82, 2.24) is 4.90 Å². The quantitative estimate of drug-likeness (QED) is 0.792. The van der Waals surface area contributed by atoms with Crippen LogP contribution in [0.2, 0.25) is 0 Å². The fourth-order valence-electron chi connectivity index (χ4n) is 2.32. The fourth-order valence-corrected chi connectivity index (χ4v) is 2.32. The van der Waals surface area contributed by atoms with Gasteiger partial charge in [0.15, 0.2) is 0 Å². The highest BCUT2D eigenvalue weighted by molar-refractivity contribution is 5.90. The summed E-state index contributed by atoms with van der Waals surface area (Å²) in [7, 11) is 0. The number of anilines is 1. The molecule has 1 heterocycles. The zero-order valence-electron chi connectivity index (χ0n) is 12.7. The van der Waals surface area contributed by atoms with Crippen molar-refractivity contribution < 1.29 is 19.4 Å². The van der Waals surface area contributed by atoms with Gasteiger partial charge in [0.05, 0.1) is 12.5 Å². The maximum absolute atomic E-state index is 12.1. The Balaban J connectivity index is 1.83. The second-order valence-electron chi connectivity index (χ2n) is 5.43. The van der Waals surface area contributed by atoms with Gasteiger partial charge in [0, 0.05) is 18.8 Å². The monoisotopic (exact) mass is 306 g/mol. The zero-order chi connectivity index (χ0) is 15.9. The van der Waals surface area contributed by atoms with Gasteiger partial charge in [-0.2, -0.15) is 0 Å². The van der Waals surface area contributed by atoms with Crippen LogP contribution in [0.3, 0.4) is 0 Å². The van der Waals surface area contributed by atoms with Crippen molar-refractivity contribution in [2.45, 2.75) is 26.2 Å². The normalized spacial score (nSPS) is 17.3. The molecule has 0 bridgehead atoms. The Morgan fingerprint density at radius 3 is 2.68 bits per heavy atom. The van der Waals surface area contributed by atoms with E-state index >= 15 is 0 Å². The Morgan fingerprint density at radius 2 is 2.09 bits per heavy atom. The van der Waals surface area contributed by atoms with Crippen molar-refractivity contribution in [3.8, 4) is 5.75 Å². The SMILES string of the molecule is CCCCOc1ccc(NC(=O)N2CCC(C(=O)O)C2)cc1. The topological polar surface area (TPSA) is 78.9 Å². The van der Waals surface area contributed by atoms with E-state index < -0.39 is 11.9 Å². The molecule has 6 heteroatoms. The van der Waals surface area contributed by atoms with Gasteiger partial charge in [-0.25, -0.2) is 4.79 Å². The number of urea groups is 1. The van der Waals surface area contributed by atoms with Crippen molar-refractivity contribution in [3.05, 3.63) is 24.3 Å². The molecule has 1 aromatic rings. The Labute approximate surface area is 130 Å². The maximum Gasteiger partial charge on any atom is 0.321 e. The Morgan fingerprint density at radius 1 is 1.36 bits per heavy atom. The minimum absolute atomic E-state index is 0.261. The first-order chi connectivity index (χ1) is 10.6. The zero-order valence-corrected chi connectivity index (χ0v) is 12.7. The summed E-state index contributed by atoms with van der Waals surface area (Å²) < 4.78 is 5.56. The lowest BCUT2D eigenvalue weighted by atomic mass is 10.1. The van der Waals surface area contributed by atoms with Crippen LogP contribution in [0.4, 0.5) is 10.5 Å². The summed E-state index contributed by atoms with van der Waals surface area (Å²) in [6.45, 7) is 3.53. The molecule has 0 spiro atoms. The van der Waals surface area contributed by atoms with E-state index in [4.69, 9.17) is 9.84 Å². The van der Waals surface area contributed by atoms with E-state index in [9.17, 15) is 9.59 Å². The summed E-state index contributed by atoms with van der Waals surface area (Å²) in [6, 6.07) is 6.93. The number of hydrogen-bond donors (Lipinski definition) is 2. The van der Waals surface area contributed by atoms with Crippen molar-refractivity contribution in [2.24, 2.45) is 5.92 Å². The van der Waals surface area contributed by atoms with E-state index in [1.165, 1.54) is 4.90 Å². The number of rotatable bonds is 6. The van der Waals surface area contributed by atoms with Gasteiger partial charge < -0.3 is 20.1 Å². The van der Waals surface area contributed by atoms with Crippen molar-refractivity contribution in [3.63, 3.8) is 0 Å². The number of carboxylic acids is 1. The first kappa shape index (κ1) is 16.1. The molecule has 0 saturated carbocycles. The number of unbranched alkanes of at least 4 members (excludes halogenated alkanes) is 1. The molecule has 6 nitrogen and oxygen atoms in total. The molecule has 1 aliphatic heterocycles. The molecule has 2 amide bonds. The van der Waals surface area contributed by atoms with Crippen molar-refractivity contribution in [2.75, 3.05) is 25.0 Å². The van der Waals surface area contributed by atoms with Crippen molar-refractivity contribution in [1.29, 1.82) is 0 Å². The van der Waals surface area contributed by atoms with Gasteiger partial charge in [0.25, 0.3) is 0 Å². The molecule has 0 radical (unpaired) electrons. The lowest BCUT2D eigenvalue weighted by molar-refractivity contribution is -0.141. The molecular weight excluding hydrogens is 284 g/mol. The average Bonchev–Trinajstić information content (AvgIpc) is 2.99. The summed E-state index contributed by atoms with van der Waals surface area (Å²) in [5, 5.41) is 11.7. The van der Waals surface area contributed by atoms with Crippen LogP contribution in [0.5, 0.6) is 5.75 Å². The van der Waals surface area contributed by atoms with Gasteiger partial charge in [0.2, 0.25) is 0 Å². The van der Waals surface area contributed by atoms with Crippen LogP contribution in [-0.4, -0.2) is 41.7 Å². The van der Waals surface area contributed by atoms with Gasteiger partial charge in [0.1, 0.15) is 5.75 Å². The van der Waals surface area contributed by atoms with Gasteiger partial charge in [-0.3, -0.25) is 4.79 Å². The molecular formula is C16H22N2O4. The number of nitrogens with one attached hydrogen (secondary N) is 1. The number of amides is 2. The van der Waals surface area contributed by atoms with Crippen LogP contribution < -0.4 is 10.1 Å². The molecule has 2 rings (SSSR count). The number of benzene rings is 1. The number of carbonyl (C=O) groups excluding carboxylic acids is 1. The van der Waals surface area contributed by atoms with Gasteiger partial charge in [-0.15, -0.1) is 0 Å². The lowest BCUT2D eigenvalue weighted by Gasteiger charge is -2.17. The number of aliphatic carboxylic acids is 1. The standard InChI is InChI=1S/C16H22N2O4/c1-2-3-10-22-14-6-4-13(5-7-14)17-16(21)18-9-8-12(11-18)15(19)20/h4-7,12H,2-3,8-11H2,1H3,(H,17,21)(H,19,20). The molecule has 1 saturated heterocycles. The third kappa shape index (κ3) is 4.38. The van der Waals surface area contributed by atoms with E-state index in [0.29, 0.717) is 25.3 Å². The Hall–Kier alpha value is -2.24. The van der Waals surface area contributed by atoms with Crippen LogP contribution in [0.15, 0.2) is 24.3 Å². The first-order valence-electron chi connectivity index (χ1n) is 7.61. The van der Waals surface area contributed by atoms with Gasteiger partial charge in [-0.05, 0) is 37.1 Å². The van der Waals surface area contributed by atoms with E-state index in [-0.39, 0.29) is 12.6 Å². The highest BCUT2D eigenvalue weighted by atomic mass is 16.5. The third-order valence-corrected chi connectivity index (χ3v) is 3.70. The predicted molar refractivity (Wildman–Crippen MR) is 83.2 cm³/mol. The third-order valence-electron chi connectivity index (χ3n) is 3.70. The number of nitrogens with zero attached hydrogens (tertiary/aromatic N) is 1. The van der Waals surface area contributed by atoms with E-state index in [2.05, 4.69) is 12.2 Å². The smallest absolute Gasteiger partial charge is 0.321 e. The molecule has 1 atom stereocenters. The summed E-state index contributed by atoms with van der Waals surface area (Å²) >= 11 is 0. The predicted octanol–water partition coefficient (Wildman–Crippen LogP) is 2.80. The maximum atomic E-state index is 12.1. The van der Waals surface area contributed by atoms with Crippen LogP contribution in [0, 0.1) is 5.92 Å². The minimum atomic E-state index is -0.844. The number of hydrogen-bond acceptors (Lipinski definition) is 3. The molecule has 0 aliphatic carbocycles. The average molecular weight is 306 g/mol. The highest BCUT2D eigenvalue weighted by Crippen LogP contribution is 2.19. The lowest BCUT2D eigenvalue weighted by Crippen LogP contribution is -2.33.